The summed E-state index contributed by atoms with van der Waals surface area (Å²) in [5, 5.41) is 15.1. The van der Waals surface area contributed by atoms with E-state index in [0.29, 0.717) is 11.4 Å². The Bertz CT molecular complexity index is 853. The van der Waals surface area contributed by atoms with Gasteiger partial charge in [-0.3, -0.25) is 4.79 Å². The van der Waals surface area contributed by atoms with Crippen LogP contribution in [0.15, 0.2) is 58.8 Å². The number of hydrogen-bond acceptors (Lipinski definition) is 4. The van der Waals surface area contributed by atoms with Crippen molar-refractivity contribution >= 4 is 22.9 Å². The molecule has 26 heavy (non-hydrogen) atoms. The number of nitrogens with one attached hydrogen (secondary N) is 1. The molecule has 1 aliphatic rings. The summed E-state index contributed by atoms with van der Waals surface area (Å²) < 4.78 is 43.8. The molecular weight excluding hydrogens is 367 g/mol. The highest BCUT2D eigenvalue weighted by atomic mass is 32.1. The summed E-state index contributed by atoms with van der Waals surface area (Å²) in [5.74, 6) is -0.155. The van der Waals surface area contributed by atoms with Crippen molar-refractivity contribution < 1.29 is 27.8 Å². The summed E-state index contributed by atoms with van der Waals surface area (Å²) in [6.07, 6.45) is -1.40. The van der Waals surface area contributed by atoms with E-state index in [1.54, 1.807) is 30.3 Å². The fourth-order valence-corrected chi connectivity index (χ4v) is 3.08. The topological polar surface area (TPSA) is 58.6 Å². The summed E-state index contributed by atoms with van der Waals surface area (Å²) in [6.45, 7) is 0. The number of allylic oxidation sites excluding steroid dienone is 2. The van der Waals surface area contributed by atoms with Crippen molar-refractivity contribution in [3.8, 4) is 11.5 Å². The van der Waals surface area contributed by atoms with Crippen molar-refractivity contribution in [2.24, 2.45) is 0 Å². The highest BCUT2D eigenvalue weighted by Crippen LogP contribution is 2.32. The first-order valence-electron chi connectivity index (χ1n) is 7.61. The summed E-state index contributed by atoms with van der Waals surface area (Å²) >= 11 is 1.21. The van der Waals surface area contributed by atoms with Crippen molar-refractivity contribution in [3.05, 3.63) is 64.4 Å². The minimum absolute atomic E-state index is 0.0925. The van der Waals surface area contributed by atoms with E-state index in [0.717, 1.165) is 6.08 Å². The first-order chi connectivity index (χ1) is 12.3. The number of anilines is 1. The van der Waals surface area contributed by atoms with Crippen molar-refractivity contribution in [3.63, 3.8) is 0 Å². The molecule has 1 unspecified atom stereocenters. The molecule has 1 amide bonds. The third kappa shape index (κ3) is 4.26. The zero-order valence-corrected chi connectivity index (χ0v) is 14.1. The Labute approximate surface area is 151 Å². The molecule has 0 radical (unpaired) electrons. The molecule has 0 spiro atoms. The maximum Gasteiger partial charge on any atom is 0.412 e. The SMILES string of the molecule is O=C(Nc1ccc(OC2C=CC=C(C(F)(F)F)C2)cc1)c1cscc1O. The molecule has 0 fully saturated rings. The van der Waals surface area contributed by atoms with Gasteiger partial charge in [0, 0.05) is 28.4 Å². The number of benzene rings is 1. The average molecular weight is 381 g/mol. The molecule has 2 N–H and O–H groups in total. The van der Waals surface area contributed by atoms with Crippen LogP contribution in [0.2, 0.25) is 0 Å². The van der Waals surface area contributed by atoms with Crippen LogP contribution in [0.1, 0.15) is 16.8 Å². The van der Waals surface area contributed by atoms with Crippen LogP contribution in [0.25, 0.3) is 0 Å². The molecule has 2 aromatic rings. The van der Waals surface area contributed by atoms with Crippen LogP contribution in [0.3, 0.4) is 0 Å². The second-order valence-electron chi connectivity index (χ2n) is 5.58. The maximum atomic E-state index is 12.8. The van der Waals surface area contributed by atoms with Gasteiger partial charge >= 0.3 is 6.18 Å². The molecule has 1 atom stereocenters. The molecule has 8 heteroatoms. The molecule has 1 aromatic carbocycles. The van der Waals surface area contributed by atoms with Crippen LogP contribution < -0.4 is 10.1 Å². The number of amides is 1. The van der Waals surface area contributed by atoms with E-state index in [-0.39, 0.29) is 17.7 Å². The summed E-state index contributed by atoms with van der Waals surface area (Å²) in [7, 11) is 0. The minimum Gasteiger partial charge on any atom is -0.506 e. The zero-order valence-electron chi connectivity index (χ0n) is 13.3. The maximum absolute atomic E-state index is 12.8. The third-order valence-electron chi connectivity index (χ3n) is 3.69. The van der Waals surface area contributed by atoms with Crippen molar-refractivity contribution in [1.82, 2.24) is 0 Å². The van der Waals surface area contributed by atoms with Gasteiger partial charge in [0.05, 0.1) is 5.56 Å². The van der Waals surface area contributed by atoms with Gasteiger partial charge in [-0.15, -0.1) is 11.3 Å². The van der Waals surface area contributed by atoms with Crippen LogP contribution in [-0.2, 0) is 0 Å². The van der Waals surface area contributed by atoms with E-state index in [9.17, 15) is 23.1 Å². The van der Waals surface area contributed by atoms with Gasteiger partial charge in [0.25, 0.3) is 5.91 Å². The lowest BCUT2D eigenvalue weighted by Gasteiger charge is -2.21. The molecule has 3 rings (SSSR count). The number of halogens is 3. The van der Waals surface area contributed by atoms with Gasteiger partial charge in [0.1, 0.15) is 17.6 Å². The van der Waals surface area contributed by atoms with Gasteiger partial charge in [-0.2, -0.15) is 13.2 Å². The largest absolute Gasteiger partial charge is 0.506 e. The number of alkyl halides is 3. The second kappa shape index (κ2) is 7.25. The number of ether oxygens (including phenoxy) is 1. The Morgan fingerprint density at radius 1 is 1.23 bits per heavy atom. The lowest BCUT2D eigenvalue weighted by Crippen LogP contribution is -2.23. The van der Waals surface area contributed by atoms with E-state index in [1.165, 1.54) is 28.2 Å². The molecule has 1 heterocycles. The van der Waals surface area contributed by atoms with Gasteiger partial charge in [0.15, 0.2) is 0 Å². The predicted molar refractivity (Wildman–Crippen MR) is 92.7 cm³/mol. The molecule has 1 aliphatic carbocycles. The monoisotopic (exact) mass is 381 g/mol. The van der Waals surface area contributed by atoms with E-state index >= 15 is 0 Å². The van der Waals surface area contributed by atoms with E-state index in [4.69, 9.17) is 4.74 Å². The number of thiophene rings is 1. The molecule has 0 aliphatic heterocycles. The Hall–Kier alpha value is -2.74. The number of rotatable bonds is 4. The standard InChI is InChI=1S/C18H14F3NO3S/c19-18(20,21)11-2-1-3-14(8-11)25-13-6-4-12(5-7-13)22-17(24)15-9-26-10-16(15)23/h1-7,9-10,14,23H,8H2,(H,22,24). The summed E-state index contributed by atoms with van der Waals surface area (Å²) in [6, 6.07) is 6.26. The van der Waals surface area contributed by atoms with Gasteiger partial charge in [0.2, 0.25) is 0 Å². The Morgan fingerprint density at radius 3 is 2.58 bits per heavy atom. The number of aromatic hydroxyl groups is 1. The summed E-state index contributed by atoms with van der Waals surface area (Å²) in [4.78, 5) is 12.0. The zero-order chi connectivity index (χ0) is 18.7. The second-order valence-corrected chi connectivity index (χ2v) is 6.33. The Morgan fingerprint density at radius 2 is 1.96 bits per heavy atom. The van der Waals surface area contributed by atoms with Gasteiger partial charge in [-0.1, -0.05) is 12.2 Å². The first-order valence-corrected chi connectivity index (χ1v) is 8.55. The smallest absolute Gasteiger partial charge is 0.412 e. The van der Waals surface area contributed by atoms with Gasteiger partial charge in [-0.05, 0) is 30.3 Å². The third-order valence-corrected chi connectivity index (χ3v) is 4.43. The normalized spacial score (nSPS) is 16.9. The molecule has 4 nitrogen and oxygen atoms in total. The number of hydrogen-bond donors (Lipinski definition) is 2. The lowest BCUT2D eigenvalue weighted by atomic mass is 10.0. The number of carbonyl (C=O) groups excluding carboxylic acids is 1. The molecule has 136 valence electrons. The van der Waals surface area contributed by atoms with E-state index < -0.39 is 23.8 Å². The first kappa shape index (κ1) is 18.1. The van der Waals surface area contributed by atoms with E-state index in [2.05, 4.69) is 5.32 Å². The van der Waals surface area contributed by atoms with Crippen LogP contribution in [0, 0.1) is 0 Å². The molecule has 0 bridgehead atoms. The number of carbonyl (C=O) groups is 1. The fourth-order valence-electron chi connectivity index (χ4n) is 2.39. The Kier molecular flexibility index (Phi) is 5.03. The predicted octanol–water partition coefficient (Wildman–Crippen LogP) is 4.90. The Balaban J connectivity index is 1.60. The fraction of sp³-hybridized carbons (Fsp3) is 0.167. The highest BCUT2D eigenvalue weighted by molar-refractivity contribution is 7.08. The molecule has 0 saturated carbocycles. The van der Waals surface area contributed by atoms with Crippen molar-refractivity contribution in [2.45, 2.75) is 18.7 Å². The van der Waals surface area contributed by atoms with Crippen LogP contribution in [0.4, 0.5) is 18.9 Å². The van der Waals surface area contributed by atoms with Crippen LogP contribution >= 0.6 is 11.3 Å². The lowest BCUT2D eigenvalue weighted by molar-refractivity contribution is -0.0960. The van der Waals surface area contributed by atoms with Crippen LogP contribution in [0.5, 0.6) is 11.5 Å². The molecule has 1 aromatic heterocycles. The van der Waals surface area contributed by atoms with Gasteiger partial charge in [-0.25, -0.2) is 0 Å². The quantitative estimate of drug-likeness (QED) is 0.792. The van der Waals surface area contributed by atoms with Crippen molar-refractivity contribution in [2.75, 3.05) is 5.32 Å². The average Bonchev–Trinajstić information content (AvgIpc) is 3.02. The summed E-state index contributed by atoms with van der Waals surface area (Å²) in [5.41, 5.74) is 0.0154. The highest BCUT2D eigenvalue weighted by Gasteiger charge is 2.35. The molecular formula is C18H14F3NO3S. The molecule has 0 saturated heterocycles. The van der Waals surface area contributed by atoms with Crippen molar-refractivity contribution in [1.29, 1.82) is 0 Å². The minimum atomic E-state index is -4.37. The van der Waals surface area contributed by atoms with Gasteiger partial charge < -0.3 is 15.2 Å². The van der Waals surface area contributed by atoms with Crippen LogP contribution in [-0.4, -0.2) is 23.3 Å². The van der Waals surface area contributed by atoms with E-state index in [1.807, 2.05) is 0 Å².